The Morgan fingerprint density at radius 3 is 1.96 bits per heavy atom. The molecule has 0 spiro atoms. The molecule has 0 saturated carbocycles. The van der Waals surface area contributed by atoms with Crippen LogP contribution < -0.4 is 16.8 Å². The van der Waals surface area contributed by atoms with Gasteiger partial charge in [0, 0.05) is 13.5 Å². The first kappa shape index (κ1) is 16.5. The van der Waals surface area contributed by atoms with Crippen LogP contribution in [0.4, 0.5) is 0 Å². The monoisotopic (exact) mass is 310 g/mol. The lowest BCUT2D eigenvalue weighted by Gasteiger charge is -2.06. The van der Waals surface area contributed by atoms with E-state index in [1.807, 2.05) is 12.1 Å². The molecule has 0 heterocycles. The molecule has 5 heteroatoms. The number of nitrogens with two attached hydrogens (primary N) is 2. The highest BCUT2D eigenvalue weighted by atomic mass is 16.1. The first-order valence-corrected chi connectivity index (χ1v) is 7.52. The van der Waals surface area contributed by atoms with Crippen molar-refractivity contribution in [3.8, 4) is 11.1 Å². The molecule has 0 atom stereocenters. The Kier molecular flexibility index (Phi) is 5.74. The van der Waals surface area contributed by atoms with Crippen molar-refractivity contribution >= 4 is 11.9 Å². The van der Waals surface area contributed by atoms with Crippen LogP contribution in [0.25, 0.3) is 11.1 Å². The largest absolute Gasteiger partial charge is 0.370 e. The molecular weight excluding hydrogens is 288 g/mol. The third-order valence-electron chi connectivity index (χ3n) is 3.60. The third kappa shape index (κ3) is 5.14. The molecule has 0 fully saturated rings. The summed E-state index contributed by atoms with van der Waals surface area (Å²) in [4.78, 5) is 15.3. The van der Waals surface area contributed by atoms with E-state index in [0.29, 0.717) is 13.0 Å². The molecule has 2 rings (SSSR count). The lowest BCUT2D eigenvalue weighted by molar-refractivity contribution is -0.120. The summed E-state index contributed by atoms with van der Waals surface area (Å²) in [5.41, 5.74) is 15.2. The molecule has 5 N–H and O–H groups in total. The number of nitrogens with zero attached hydrogens (tertiary/aromatic N) is 1. The van der Waals surface area contributed by atoms with Crippen molar-refractivity contribution in [2.45, 2.75) is 19.4 Å². The molecule has 0 saturated heterocycles. The van der Waals surface area contributed by atoms with Gasteiger partial charge in [-0.1, -0.05) is 48.5 Å². The van der Waals surface area contributed by atoms with Gasteiger partial charge in [0.15, 0.2) is 5.96 Å². The summed E-state index contributed by atoms with van der Waals surface area (Å²) in [6.07, 6.45) is 1.26. The van der Waals surface area contributed by atoms with Crippen molar-refractivity contribution in [2.24, 2.45) is 16.5 Å². The number of rotatable bonds is 6. The van der Waals surface area contributed by atoms with Crippen molar-refractivity contribution in [3.05, 3.63) is 59.7 Å². The first-order chi connectivity index (χ1) is 11.1. The van der Waals surface area contributed by atoms with Gasteiger partial charge >= 0.3 is 0 Å². The Bertz CT molecular complexity index is 671. The summed E-state index contributed by atoms with van der Waals surface area (Å²) in [7, 11) is 1.66. The van der Waals surface area contributed by atoms with E-state index in [2.05, 4.69) is 46.7 Å². The predicted octanol–water partition coefficient (Wildman–Crippen LogP) is 1.81. The van der Waals surface area contributed by atoms with Gasteiger partial charge in [0.25, 0.3) is 0 Å². The first-order valence-electron chi connectivity index (χ1n) is 7.52. The number of carbonyl (C=O) groups excluding carboxylic acids is 1. The smallest absolute Gasteiger partial charge is 0.220 e. The highest BCUT2D eigenvalue weighted by Gasteiger charge is 2.02. The Labute approximate surface area is 136 Å². The second kappa shape index (κ2) is 7.98. The van der Waals surface area contributed by atoms with E-state index >= 15 is 0 Å². The number of nitrogens with one attached hydrogen (secondary N) is 1. The number of carbonyl (C=O) groups is 1. The summed E-state index contributed by atoms with van der Waals surface area (Å²) < 4.78 is 0. The number of hydrogen-bond donors (Lipinski definition) is 3. The van der Waals surface area contributed by atoms with Crippen LogP contribution in [-0.4, -0.2) is 18.9 Å². The molecule has 0 bridgehead atoms. The standard InChI is InChI=1S/C18H22N4O/c1-21-17(23)11-6-13-2-7-15(8-3-13)16-9-4-14(5-10-16)12-22-18(19)20/h2-5,7-10H,6,11-12H2,1H3,(H,21,23)(H4,19,20,22). The van der Waals surface area contributed by atoms with E-state index in [1.54, 1.807) is 7.05 Å². The van der Waals surface area contributed by atoms with Crippen LogP contribution in [0.1, 0.15) is 17.5 Å². The van der Waals surface area contributed by atoms with Gasteiger partial charge < -0.3 is 16.8 Å². The zero-order valence-electron chi connectivity index (χ0n) is 13.3. The fourth-order valence-electron chi connectivity index (χ4n) is 2.23. The topological polar surface area (TPSA) is 93.5 Å². The molecule has 0 aliphatic carbocycles. The zero-order chi connectivity index (χ0) is 16.7. The average Bonchev–Trinajstić information content (AvgIpc) is 2.58. The van der Waals surface area contributed by atoms with Crippen LogP contribution in [0, 0.1) is 0 Å². The van der Waals surface area contributed by atoms with E-state index in [4.69, 9.17) is 11.5 Å². The van der Waals surface area contributed by atoms with E-state index in [1.165, 1.54) is 0 Å². The van der Waals surface area contributed by atoms with E-state index < -0.39 is 0 Å². The van der Waals surface area contributed by atoms with Crippen molar-refractivity contribution in [1.29, 1.82) is 0 Å². The van der Waals surface area contributed by atoms with Gasteiger partial charge in [0.05, 0.1) is 6.54 Å². The Hall–Kier alpha value is -2.82. The maximum absolute atomic E-state index is 11.3. The zero-order valence-corrected chi connectivity index (χ0v) is 13.3. The normalized spacial score (nSPS) is 10.1. The van der Waals surface area contributed by atoms with Gasteiger partial charge in [0.1, 0.15) is 0 Å². The Morgan fingerprint density at radius 1 is 0.957 bits per heavy atom. The number of aliphatic imine (C=N–C) groups is 1. The van der Waals surface area contributed by atoms with E-state index in [-0.39, 0.29) is 11.9 Å². The summed E-state index contributed by atoms with van der Waals surface area (Å²) in [6, 6.07) is 16.4. The minimum Gasteiger partial charge on any atom is -0.370 e. The SMILES string of the molecule is CNC(=O)CCc1ccc(-c2ccc(CN=C(N)N)cc2)cc1. The Morgan fingerprint density at radius 2 is 1.48 bits per heavy atom. The number of hydrogen-bond acceptors (Lipinski definition) is 2. The number of guanidine groups is 1. The van der Waals surface area contributed by atoms with Crippen LogP contribution in [-0.2, 0) is 17.8 Å². The maximum atomic E-state index is 11.3. The van der Waals surface area contributed by atoms with E-state index in [9.17, 15) is 4.79 Å². The second-order valence-electron chi connectivity index (χ2n) is 5.31. The summed E-state index contributed by atoms with van der Waals surface area (Å²) >= 11 is 0. The fourth-order valence-corrected chi connectivity index (χ4v) is 2.23. The van der Waals surface area contributed by atoms with Crippen molar-refractivity contribution in [3.63, 3.8) is 0 Å². The summed E-state index contributed by atoms with van der Waals surface area (Å²) in [6.45, 7) is 0.487. The van der Waals surface area contributed by atoms with Gasteiger partial charge in [-0.25, -0.2) is 4.99 Å². The summed E-state index contributed by atoms with van der Waals surface area (Å²) in [5.74, 6) is 0.159. The highest BCUT2D eigenvalue weighted by Crippen LogP contribution is 2.21. The molecule has 2 aromatic carbocycles. The predicted molar refractivity (Wildman–Crippen MR) is 93.8 cm³/mol. The number of amides is 1. The Balaban J connectivity index is 2.01. The van der Waals surface area contributed by atoms with E-state index in [0.717, 1.165) is 28.7 Å². The van der Waals surface area contributed by atoms with Crippen molar-refractivity contribution in [2.75, 3.05) is 7.05 Å². The molecule has 5 nitrogen and oxygen atoms in total. The summed E-state index contributed by atoms with van der Waals surface area (Å²) in [5, 5.41) is 2.63. The third-order valence-corrected chi connectivity index (χ3v) is 3.60. The molecular formula is C18H22N4O. The van der Waals surface area contributed by atoms with Crippen LogP contribution in [0.2, 0.25) is 0 Å². The highest BCUT2D eigenvalue weighted by molar-refractivity contribution is 5.76. The minimum absolute atomic E-state index is 0.0606. The molecule has 0 aromatic heterocycles. The second-order valence-corrected chi connectivity index (χ2v) is 5.31. The number of aryl methyl sites for hydroxylation is 1. The fraction of sp³-hybridized carbons (Fsp3) is 0.222. The molecule has 0 aliphatic heterocycles. The van der Waals surface area contributed by atoms with Gasteiger partial charge in [-0.2, -0.15) is 0 Å². The quantitative estimate of drug-likeness (QED) is 0.561. The molecule has 0 radical (unpaired) electrons. The lowest BCUT2D eigenvalue weighted by Crippen LogP contribution is -2.22. The number of benzene rings is 2. The molecule has 0 unspecified atom stereocenters. The molecule has 1 amide bonds. The average molecular weight is 310 g/mol. The minimum atomic E-state index is 0.0606. The van der Waals surface area contributed by atoms with Gasteiger partial charge in [0.2, 0.25) is 5.91 Å². The van der Waals surface area contributed by atoms with Gasteiger partial charge in [-0.15, -0.1) is 0 Å². The molecule has 23 heavy (non-hydrogen) atoms. The van der Waals surface area contributed by atoms with Crippen LogP contribution >= 0.6 is 0 Å². The lowest BCUT2D eigenvalue weighted by atomic mass is 10.0. The molecule has 120 valence electrons. The van der Waals surface area contributed by atoms with Crippen LogP contribution in [0.5, 0.6) is 0 Å². The molecule has 2 aromatic rings. The van der Waals surface area contributed by atoms with Crippen LogP contribution in [0.3, 0.4) is 0 Å². The van der Waals surface area contributed by atoms with Crippen molar-refractivity contribution < 1.29 is 4.79 Å². The maximum Gasteiger partial charge on any atom is 0.220 e. The molecule has 0 aliphatic rings. The van der Waals surface area contributed by atoms with Crippen molar-refractivity contribution in [1.82, 2.24) is 5.32 Å². The van der Waals surface area contributed by atoms with Crippen LogP contribution in [0.15, 0.2) is 53.5 Å². The van der Waals surface area contributed by atoms with Gasteiger partial charge in [-0.3, -0.25) is 4.79 Å². The van der Waals surface area contributed by atoms with Gasteiger partial charge in [-0.05, 0) is 28.7 Å².